The van der Waals surface area contributed by atoms with Gasteiger partial charge in [-0.15, -0.1) is 0 Å². The monoisotopic (exact) mass is 467 g/mol. The van der Waals surface area contributed by atoms with Crippen LogP contribution in [0.2, 0.25) is 0 Å². The van der Waals surface area contributed by atoms with E-state index in [-0.39, 0.29) is 24.4 Å². The van der Waals surface area contributed by atoms with E-state index in [0.29, 0.717) is 40.1 Å². The zero-order valence-electron chi connectivity index (χ0n) is 19.0. The minimum absolute atomic E-state index is 0.242. The first-order valence-corrected chi connectivity index (χ1v) is 11.2. The number of pyridine rings is 1. The molecule has 3 heterocycles. The number of carbonyl (C=O) groups is 1. The van der Waals surface area contributed by atoms with Gasteiger partial charge in [-0.1, -0.05) is 23.4 Å². The van der Waals surface area contributed by atoms with E-state index < -0.39 is 0 Å². The molecule has 1 N–H and O–H groups in total. The first-order valence-electron chi connectivity index (χ1n) is 11.2. The quantitative estimate of drug-likeness (QED) is 0.441. The molecule has 5 rings (SSSR count). The lowest BCUT2D eigenvalue weighted by molar-refractivity contribution is 0.0826. The number of nitrogens with zero attached hydrogens (tertiary/aromatic N) is 4. The Bertz CT molecular complexity index is 1390. The van der Waals surface area contributed by atoms with E-state index in [4.69, 9.17) is 4.84 Å². The number of carbonyl (C=O) groups excluding carboxylic acids is 1. The van der Waals surface area contributed by atoms with Crippen molar-refractivity contribution in [2.45, 2.75) is 26.0 Å². The molecule has 7 nitrogen and oxygen atoms in total. The molecule has 1 aliphatic rings. The number of aromatic nitrogens is 3. The summed E-state index contributed by atoms with van der Waals surface area (Å²) in [7, 11) is 0. The van der Waals surface area contributed by atoms with Gasteiger partial charge in [0.15, 0.2) is 6.10 Å². The largest absolute Gasteiger partial charge is 0.385 e. The Hall–Kier alpha value is -4.46. The highest BCUT2D eigenvalue weighted by Gasteiger charge is 2.26. The Balaban J connectivity index is 1.47. The predicted molar refractivity (Wildman–Crippen MR) is 129 cm³/mol. The number of hydrogen-bond acceptors (Lipinski definition) is 6. The van der Waals surface area contributed by atoms with Gasteiger partial charge in [0, 0.05) is 35.5 Å². The maximum absolute atomic E-state index is 14.9. The third-order valence-electron chi connectivity index (χ3n) is 5.72. The fourth-order valence-electron chi connectivity index (χ4n) is 3.90. The Labute approximate surface area is 201 Å². The number of amides is 1. The molecule has 2 aromatic carbocycles. The lowest BCUT2D eigenvalue weighted by Crippen LogP contribution is -2.23. The third kappa shape index (κ3) is 5.06. The maximum atomic E-state index is 14.9. The molecule has 0 radical (unpaired) electrons. The standard InChI is InChI=1S/C27H22FN5O2/c1-17-5-6-22(23(28)10-17)18-11-19(25-14-26(35-33-25)24-4-2-3-8-30-24)13-20(12-18)27(34)31-15-21-7-9-29-16-32-21/h2-13,16,26H,14-15H2,1H3,(H,31,34). The molecule has 1 unspecified atom stereocenters. The van der Waals surface area contributed by atoms with Crippen molar-refractivity contribution in [3.05, 3.63) is 113 Å². The number of benzene rings is 2. The van der Waals surface area contributed by atoms with Crippen LogP contribution in [0.1, 0.15) is 45.4 Å². The van der Waals surface area contributed by atoms with Gasteiger partial charge in [-0.25, -0.2) is 14.4 Å². The van der Waals surface area contributed by atoms with Crippen molar-refractivity contribution in [3.63, 3.8) is 0 Å². The summed E-state index contributed by atoms with van der Waals surface area (Å²) in [6.07, 6.45) is 4.91. The van der Waals surface area contributed by atoms with E-state index in [1.54, 1.807) is 36.7 Å². The zero-order chi connectivity index (χ0) is 24.2. The second-order valence-electron chi connectivity index (χ2n) is 8.26. The van der Waals surface area contributed by atoms with Gasteiger partial charge in [-0.3, -0.25) is 9.78 Å². The first-order chi connectivity index (χ1) is 17.1. The van der Waals surface area contributed by atoms with Crippen LogP contribution in [-0.2, 0) is 11.4 Å². The molecular formula is C27H22FN5O2. The Morgan fingerprint density at radius 3 is 2.71 bits per heavy atom. The molecule has 4 aromatic rings. The highest BCUT2D eigenvalue weighted by atomic mass is 19.1. The van der Waals surface area contributed by atoms with Crippen LogP contribution in [0.4, 0.5) is 4.39 Å². The molecular weight excluding hydrogens is 445 g/mol. The number of hydrogen-bond donors (Lipinski definition) is 1. The maximum Gasteiger partial charge on any atom is 0.251 e. The van der Waals surface area contributed by atoms with Crippen LogP contribution in [0.3, 0.4) is 0 Å². The molecule has 0 saturated heterocycles. The zero-order valence-corrected chi connectivity index (χ0v) is 19.0. The summed E-state index contributed by atoms with van der Waals surface area (Å²) in [5.74, 6) is -0.662. The van der Waals surface area contributed by atoms with Gasteiger partial charge in [-0.2, -0.15) is 0 Å². The lowest BCUT2D eigenvalue weighted by atomic mass is 9.94. The molecule has 174 valence electrons. The fourth-order valence-corrected chi connectivity index (χ4v) is 3.90. The van der Waals surface area contributed by atoms with Gasteiger partial charge >= 0.3 is 0 Å². The summed E-state index contributed by atoms with van der Waals surface area (Å²) in [5, 5.41) is 7.13. The molecule has 2 aromatic heterocycles. The second-order valence-corrected chi connectivity index (χ2v) is 8.26. The summed E-state index contributed by atoms with van der Waals surface area (Å²) < 4.78 is 14.9. The minimum atomic E-state index is -0.356. The van der Waals surface area contributed by atoms with Crippen molar-refractivity contribution >= 4 is 11.6 Å². The molecule has 0 saturated carbocycles. The summed E-state index contributed by atoms with van der Waals surface area (Å²) in [6.45, 7) is 2.07. The average Bonchev–Trinajstić information content (AvgIpc) is 3.39. The lowest BCUT2D eigenvalue weighted by Gasteiger charge is -2.12. The van der Waals surface area contributed by atoms with Crippen LogP contribution in [0, 0.1) is 12.7 Å². The number of halogens is 1. The number of oxime groups is 1. The van der Waals surface area contributed by atoms with Crippen LogP contribution in [0.15, 0.2) is 84.5 Å². The summed E-state index contributed by atoms with van der Waals surface area (Å²) in [5.41, 5.74) is 5.00. The van der Waals surface area contributed by atoms with E-state index >= 15 is 0 Å². The number of nitrogens with one attached hydrogen (secondary N) is 1. The van der Waals surface area contributed by atoms with E-state index in [2.05, 4.69) is 25.4 Å². The molecule has 0 aliphatic carbocycles. The van der Waals surface area contributed by atoms with Crippen LogP contribution >= 0.6 is 0 Å². The molecule has 0 bridgehead atoms. The summed E-state index contributed by atoms with van der Waals surface area (Å²) in [4.78, 5) is 31.1. The van der Waals surface area contributed by atoms with Crippen molar-refractivity contribution in [1.82, 2.24) is 20.3 Å². The number of rotatable bonds is 6. The van der Waals surface area contributed by atoms with Gasteiger partial charge in [-0.05, 0) is 60.5 Å². The molecule has 1 atom stereocenters. The average molecular weight is 468 g/mol. The fraction of sp³-hybridized carbons (Fsp3) is 0.148. The molecule has 0 spiro atoms. The topological polar surface area (TPSA) is 89.4 Å². The van der Waals surface area contributed by atoms with Gasteiger partial charge < -0.3 is 10.2 Å². The first kappa shape index (κ1) is 22.3. The van der Waals surface area contributed by atoms with E-state index in [1.807, 2.05) is 37.3 Å². The minimum Gasteiger partial charge on any atom is -0.385 e. The van der Waals surface area contributed by atoms with Crippen molar-refractivity contribution in [1.29, 1.82) is 0 Å². The van der Waals surface area contributed by atoms with Crippen LogP contribution in [0.25, 0.3) is 11.1 Å². The van der Waals surface area contributed by atoms with Crippen LogP contribution in [-0.4, -0.2) is 26.6 Å². The van der Waals surface area contributed by atoms with E-state index in [1.165, 1.54) is 12.4 Å². The van der Waals surface area contributed by atoms with Crippen molar-refractivity contribution < 1.29 is 14.0 Å². The molecule has 0 fully saturated rings. The third-order valence-corrected chi connectivity index (χ3v) is 5.72. The van der Waals surface area contributed by atoms with Crippen LogP contribution < -0.4 is 5.32 Å². The highest BCUT2D eigenvalue weighted by molar-refractivity contribution is 6.05. The van der Waals surface area contributed by atoms with Gasteiger partial charge in [0.2, 0.25) is 0 Å². The SMILES string of the molecule is Cc1ccc(-c2cc(C(=O)NCc3ccncn3)cc(C3=NOC(c4ccccn4)C3)c2)c(F)c1. The van der Waals surface area contributed by atoms with Crippen molar-refractivity contribution in [3.8, 4) is 11.1 Å². The highest BCUT2D eigenvalue weighted by Crippen LogP contribution is 2.31. The summed E-state index contributed by atoms with van der Waals surface area (Å²) >= 11 is 0. The Morgan fingerprint density at radius 1 is 1.06 bits per heavy atom. The Kier molecular flexibility index (Phi) is 6.26. The van der Waals surface area contributed by atoms with E-state index in [9.17, 15) is 9.18 Å². The molecule has 1 amide bonds. The molecule has 35 heavy (non-hydrogen) atoms. The number of aryl methyl sites for hydroxylation is 1. The molecule has 1 aliphatic heterocycles. The van der Waals surface area contributed by atoms with Crippen molar-refractivity contribution in [2.24, 2.45) is 5.16 Å². The van der Waals surface area contributed by atoms with Crippen LogP contribution in [0.5, 0.6) is 0 Å². The second kappa shape index (κ2) is 9.80. The Morgan fingerprint density at radius 2 is 1.94 bits per heavy atom. The van der Waals surface area contributed by atoms with Crippen molar-refractivity contribution in [2.75, 3.05) is 0 Å². The smallest absolute Gasteiger partial charge is 0.251 e. The molecule has 8 heteroatoms. The van der Waals surface area contributed by atoms with Gasteiger partial charge in [0.05, 0.1) is 23.6 Å². The summed E-state index contributed by atoms with van der Waals surface area (Å²) in [6, 6.07) is 17.6. The normalized spacial score (nSPS) is 14.8. The van der Waals surface area contributed by atoms with E-state index in [0.717, 1.165) is 11.3 Å². The van der Waals surface area contributed by atoms with Gasteiger partial charge in [0.1, 0.15) is 12.1 Å². The predicted octanol–water partition coefficient (Wildman–Crippen LogP) is 4.78. The van der Waals surface area contributed by atoms with Gasteiger partial charge in [0.25, 0.3) is 5.91 Å².